The van der Waals surface area contributed by atoms with Gasteiger partial charge in [-0.2, -0.15) is 9.49 Å². The van der Waals surface area contributed by atoms with Crippen molar-refractivity contribution in [2.75, 3.05) is 13.1 Å². The Morgan fingerprint density at radius 1 is 1.24 bits per heavy atom. The van der Waals surface area contributed by atoms with Crippen LogP contribution in [0.1, 0.15) is 23.3 Å². The SMILES string of the molecule is [C-]#[N+]c1ccc(-c2nc(C(=O)N3CCC[C@@H](N)C3)c(F)n2-c2ccc3c(cnn3C)c2)cc1F. The molecule has 1 saturated heterocycles. The highest BCUT2D eigenvalue weighted by atomic mass is 19.1. The normalized spacial score (nSPS) is 16.1. The average molecular weight is 461 g/mol. The molecule has 0 radical (unpaired) electrons. The molecule has 34 heavy (non-hydrogen) atoms. The number of halogens is 2. The van der Waals surface area contributed by atoms with Crippen molar-refractivity contribution in [2.24, 2.45) is 12.8 Å². The van der Waals surface area contributed by atoms with E-state index in [4.69, 9.17) is 12.3 Å². The van der Waals surface area contributed by atoms with Crippen LogP contribution in [-0.4, -0.2) is 49.3 Å². The van der Waals surface area contributed by atoms with Gasteiger partial charge in [-0.3, -0.25) is 14.0 Å². The quantitative estimate of drug-likeness (QED) is 0.470. The molecule has 8 nitrogen and oxygen atoms in total. The van der Waals surface area contributed by atoms with Crippen LogP contribution in [0, 0.1) is 18.3 Å². The van der Waals surface area contributed by atoms with Crippen LogP contribution in [-0.2, 0) is 7.05 Å². The van der Waals surface area contributed by atoms with Crippen LogP contribution in [0.25, 0.3) is 32.8 Å². The van der Waals surface area contributed by atoms with E-state index in [2.05, 4.69) is 14.9 Å². The molecule has 1 fully saturated rings. The molecule has 0 aliphatic carbocycles. The Kier molecular flexibility index (Phi) is 5.34. The van der Waals surface area contributed by atoms with Crippen LogP contribution in [0.2, 0.25) is 0 Å². The average Bonchev–Trinajstić information content (AvgIpc) is 3.38. The number of aromatic nitrogens is 4. The number of piperidine rings is 1. The summed E-state index contributed by atoms with van der Waals surface area (Å²) in [7, 11) is 1.80. The fourth-order valence-electron chi connectivity index (χ4n) is 4.34. The van der Waals surface area contributed by atoms with Crippen LogP contribution in [0.3, 0.4) is 0 Å². The van der Waals surface area contributed by atoms with Gasteiger partial charge in [0.2, 0.25) is 11.6 Å². The smallest absolute Gasteiger partial charge is 0.277 e. The second-order valence-electron chi connectivity index (χ2n) is 8.35. The van der Waals surface area contributed by atoms with Gasteiger partial charge in [0.1, 0.15) is 11.6 Å². The lowest BCUT2D eigenvalue weighted by molar-refractivity contribution is 0.0698. The van der Waals surface area contributed by atoms with E-state index in [0.29, 0.717) is 18.8 Å². The predicted octanol–water partition coefficient (Wildman–Crippen LogP) is 3.82. The second kappa shape index (κ2) is 8.35. The Bertz CT molecular complexity index is 1470. The standard InChI is InChI=1S/C24H21F2N7O/c1-28-19-7-5-14(11-18(19)25)23-30-21(24(34)32-9-3-4-16(27)13-32)22(26)33(23)17-6-8-20-15(10-17)12-29-31(20)2/h5-8,10-12,16H,3-4,9,13,27H2,2H3/t16-/m1/s1. The summed E-state index contributed by atoms with van der Waals surface area (Å²) in [5.74, 6) is -2.11. The Balaban J connectivity index is 1.68. The van der Waals surface area contributed by atoms with Crippen molar-refractivity contribution in [3.05, 3.63) is 71.5 Å². The van der Waals surface area contributed by atoms with Gasteiger partial charge in [0.05, 0.1) is 24.0 Å². The van der Waals surface area contributed by atoms with Crippen LogP contribution in [0.5, 0.6) is 0 Å². The van der Waals surface area contributed by atoms with Crippen molar-refractivity contribution in [1.82, 2.24) is 24.2 Å². The summed E-state index contributed by atoms with van der Waals surface area (Å²) < 4.78 is 33.2. The molecule has 1 amide bonds. The zero-order chi connectivity index (χ0) is 24.0. The first-order valence-electron chi connectivity index (χ1n) is 10.8. The second-order valence-corrected chi connectivity index (χ2v) is 8.35. The number of fused-ring (bicyclic) bond motifs is 1. The largest absolute Gasteiger partial charge is 0.336 e. The fourth-order valence-corrected chi connectivity index (χ4v) is 4.34. The third-order valence-corrected chi connectivity index (χ3v) is 6.08. The minimum absolute atomic E-state index is 0.0563. The molecule has 0 spiro atoms. The van der Waals surface area contributed by atoms with Crippen LogP contribution in [0.4, 0.5) is 14.5 Å². The van der Waals surface area contributed by atoms with Crippen molar-refractivity contribution in [3.63, 3.8) is 0 Å². The number of imidazole rings is 1. The molecule has 10 heteroatoms. The zero-order valence-corrected chi connectivity index (χ0v) is 18.4. The van der Waals surface area contributed by atoms with Crippen LogP contribution >= 0.6 is 0 Å². The van der Waals surface area contributed by atoms with E-state index >= 15 is 4.39 Å². The van der Waals surface area contributed by atoms with Gasteiger partial charge in [-0.25, -0.2) is 14.2 Å². The molecule has 172 valence electrons. The third kappa shape index (κ3) is 3.60. The number of likely N-dealkylation sites (tertiary alicyclic amines) is 1. The fraction of sp³-hybridized carbons (Fsp3) is 0.250. The first-order valence-corrected chi connectivity index (χ1v) is 10.8. The molecule has 3 heterocycles. The number of benzene rings is 2. The predicted molar refractivity (Wildman–Crippen MR) is 123 cm³/mol. The lowest BCUT2D eigenvalue weighted by atomic mass is 10.1. The summed E-state index contributed by atoms with van der Waals surface area (Å²) in [5.41, 5.74) is 6.99. The zero-order valence-electron chi connectivity index (χ0n) is 18.4. The number of nitrogens with two attached hydrogens (primary N) is 1. The number of nitrogens with zero attached hydrogens (tertiary/aromatic N) is 6. The number of aryl methyl sites for hydroxylation is 1. The number of hydrogen-bond donors (Lipinski definition) is 1. The van der Waals surface area contributed by atoms with E-state index in [1.165, 1.54) is 21.6 Å². The van der Waals surface area contributed by atoms with E-state index in [1.54, 1.807) is 36.1 Å². The maximum atomic E-state index is 15.9. The van der Waals surface area contributed by atoms with Gasteiger partial charge in [0.25, 0.3) is 5.91 Å². The summed E-state index contributed by atoms with van der Waals surface area (Å²) in [6, 6.07) is 8.95. The van der Waals surface area contributed by atoms with Gasteiger partial charge < -0.3 is 10.6 Å². The van der Waals surface area contributed by atoms with Crippen molar-refractivity contribution in [1.29, 1.82) is 0 Å². The van der Waals surface area contributed by atoms with E-state index in [9.17, 15) is 9.18 Å². The maximum absolute atomic E-state index is 15.9. The number of rotatable bonds is 3. The molecule has 5 rings (SSSR count). The molecule has 2 aromatic heterocycles. The van der Waals surface area contributed by atoms with Gasteiger partial charge in [-0.05, 0) is 37.1 Å². The highest BCUT2D eigenvalue weighted by molar-refractivity contribution is 5.93. The highest BCUT2D eigenvalue weighted by Gasteiger charge is 2.30. The van der Waals surface area contributed by atoms with Gasteiger partial charge in [-0.15, -0.1) is 0 Å². The molecular weight excluding hydrogens is 440 g/mol. The van der Waals surface area contributed by atoms with Gasteiger partial charge >= 0.3 is 0 Å². The molecule has 0 unspecified atom stereocenters. The number of carbonyl (C=O) groups is 1. The Morgan fingerprint density at radius 3 is 2.79 bits per heavy atom. The summed E-state index contributed by atoms with van der Waals surface area (Å²) >= 11 is 0. The molecule has 1 atom stereocenters. The minimum Gasteiger partial charge on any atom is -0.336 e. The Labute approximate surface area is 194 Å². The van der Waals surface area contributed by atoms with Crippen LogP contribution < -0.4 is 5.73 Å². The molecule has 0 saturated carbocycles. The maximum Gasteiger partial charge on any atom is 0.277 e. The van der Waals surface area contributed by atoms with Crippen molar-refractivity contribution >= 4 is 22.5 Å². The molecule has 4 aromatic rings. The Hall–Kier alpha value is -4.10. The van der Waals surface area contributed by atoms with Gasteiger partial charge in [0.15, 0.2) is 5.69 Å². The summed E-state index contributed by atoms with van der Waals surface area (Å²) in [5, 5.41) is 4.98. The van der Waals surface area contributed by atoms with Gasteiger partial charge in [-0.1, -0.05) is 12.1 Å². The molecule has 2 N–H and O–H groups in total. The topological polar surface area (TPSA) is 86.3 Å². The molecule has 0 bridgehead atoms. The summed E-state index contributed by atoms with van der Waals surface area (Å²) in [6.07, 6.45) is 3.17. The van der Waals surface area contributed by atoms with Crippen molar-refractivity contribution in [3.8, 4) is 17.1 Å². The number of amides is 1. The van der Waals surface area contributed by atoms with Crippen molar-refractivity contribution < 1.29 is 13.6 Å². The molecular formula is C24H21F2N7O. The highest BCUT2D eigenvalue weighted by Crippen LogP contribution is 2.31. The monoisotopic (exact) mass is 461 g/mol. The third-order valence-electron chi connectivity index (χ3n) is 6.08. The lowest BCUT2D eigenvalue weighted by Crippen LogP contribution is -2.46. The first-order chi connectivity index (χ1) is 16.4. The van der Waals surface area contributed by atoms with Crippen molar-refractivity contribution in [2.45, 2.75) is 18.9 Å². The molecule has 1 aliphatic heterocycles. The van der Waals surface area contributed by atoms with E-state index in [0.717, 1.165) is 29.8 Å². The summed E-state index contributed by atoms with van der Waals surface area (Å²) in [6.45, 7) is 7.85. The molecule has 1 aliphatic rings. The number of carbonyl (C=O) groups excluding carboxylic acids is 1. The van der Waals surface area contributed by atoms with E-state index < -0.39 is 17.7 Å². The summed E-state index contributed by atoms with van der Waals surface area (Å²) in [4.78, 5) is 22.2. The number of hydrogen-bond acceptors (Lipinski definition) is 4. The van der Waals surface area contributed by atoms with Crippen LogP contribution in [0.15, 0.2) is 42.6 Å². The van der Waals surface area contributed by atoms with E-state index in [1.807, 2.05) is 0 Å². The van der Waals surface area contributed by atoms with E-state index in [-0.39, 0.29) is 28.8 Å². The Morgan fingerprint density at radius 2 is 2.06 bits per heavy atom. The van der Waals surface area contributed by atoms with Gasteiger partial charge in [0, 0.05) is 37.1 Å². The molecule has 2 aromatic carbocycles. The first kappa shape index (κ1) is 21.7. The lowest BCUT2D eigenvalue weighted by Gasteiger charge is -2.30. The minimum atomic E-state index is -0.850.